The molecular formula is C17H24N2O3. The SMILES string of the molecule is CC(C)(C)OC(=O)NCCC(=O)N1CCc2ccccc2C1. The van der Waals surface area contributed by atoms with Crippen LogP contribution in [0.15, 0.2) is 24.3 Å². The standard InChI is InChI=1S/C17H24N2O3/c1-17(2,3)22-16(21)18-10-8-15(20)19-11-9-13-6-4-5-7-14(13)12-19/h4-7H,8-12H2,1-3H3,(H,18,21). The third-order valence-electron chi connectivity index (χ3n) is 3.49. The van der Waals surface area contributed by atoms with E-state index in [0.29, 0.717) is 19.5 Å². The summed E-state index contributed by atoms with van der Waals surface area (Å²) >= 11 is 0. The van der Waals surface area contributed by atoms with Crippen LogP contribution in [0.1, 0.15) is 38.3 Å². The van der Waals surface area contributed by atoms with Gasteiger partial charge >= 0.3 is 6.09 Å². The van der Waals surface area contributed by atoms with Crippen LogP contribution in [0.25, 0.3) is 0 Å². The van der Waals surface area contributed by atoms with Crippen molar-refractivity contribution in [1.29, 1.82) is 0 Å². The highest BCUT2D eigenvalue weighted by atomic mass is 16.6. The highest BCUT2D eigenvalue weighted by molar-refractivity contribution is 5.77. The topological polar surface area (TPSA) is 58.6 Å². The first-order valence-electron chi connectivity index (χ1n) is 7.66. The molecule has 0 unspecified atom stereocenters. The number of amides is 2. The maximum absolute atomic E-state index is 12.2. The molecule has 120 valence electrons. The van der Waals surface area contributed by atoms with Gasteiger partial charge < -0.3 is 15.0 Å². The lowest BCUT2D eigenvalue weighted by molar-refractivity contribution is -0.131. The van der Waals surface area contributed by atoms with E-state index in [0.717, 1.165) is 13.0 Å². The Labute approximate surface area is 131 Å². The fourth-order valence-corrected chi connectivity index (χ4v) is 2.45. The van der Waals surface area contributed by atoms with Crippen LogP contribution >= 0.6 is 0 Å². The maximum Gasteiger partial charge on any atom is 0.407 e. The molecule has 1 N–H and O–H groups in total. The van der Waals surface area contributed by atoms with Crippen LogP contribution in [0.5, 0.6) is 0 Å². The minimum atomic E-state index is -0.523. The van der Waals surface area contributed by atoms with Gasteiger partial charge in [-0.05, 0) is 38.3 Å². The zero-order valence-corrected chi connectivity index (χ0v) is 13.5. The van der Waals surface area contributed by atoms with E-state index in [2.05, 4.69) is 17.4 Å². The van der Waals surface area contributed by atoms with Gasteiger partial charge in [-0.3, -0.25) is 4.79 Å². The second kappa shape index (κ2) is 6.81. The number of fused-ring (bicyclic) bond motifs is 1. The van der Waals surface area contributed by atoms with Gasteiger partial charge in [0.15, 0.2) is 0 Å². The fraction of sp³-hybridized carbons (Fsp3) is 0.529. The van der Waals surface area contributed by atoms with E-state index in [4.69, 9.17) is 4.74 Å². The maximum atomic E-state index is 12.2. The summed E-state index contributed by atoms with van der Waals surface area (Å²) in [4.78, 5) is 25.6. The molecule has 0 spiro atoms. The first-order chi connectivity index (χ1) is 10.3. The molecule has 0 saturated carbocycles. The van der Waals surface area contributed by atoms with Crippen molar-refractivity contribution in [3.05, 3.63) is 35.4 Å². The summed E-state index contributed by atoms with van der Waals surface area (Å²) < 4.78 is 5.14. The zero-order valence-electron chi connectivity index (χ0n) is 13.5. The largest absolute Gasteiger partial charge is 0.444 e. The number of ether oxygens (including phenoxy) is 1. The van der Waals surface area contributed by atoms with E-state index in [1.54, 1.807) is 0 Å². The van der Waals surface area contributed by atoms with E-state index in [-0.39, 0.29) is 5.91 Å². The molecule has 5 heteroatoms. The van der Waals surface area contributed by atoms with Gasteiger partial charge in [-0.15, -0.1) is 0 Å². The molecule has 0 fully saturated rings. The van der Waals surface area contributed by atoms with Crippen molar-refractivity contribution in [3.63, 3.8) is 0 Å². The third-order valence-corrected chi connectivity index (χ3v) is 3.49. The number of nitrogens with one attached hydrogen (secondary N) is 1. The normalized spacial score (nSPS) is 14.2. The van der Waals surface area contributed by atoms with E-state index < -0.39 is 11.7 Å². The Balaban J connectivity index is 1.76. The molecule has 0 aromatic heterocycles. The second-order valence-electron chi connectivity index (χ2n) is 6.51. The van der Waals surface area contributed by atoms with Gasteiger partial charge in [0, 0.05) is 26.1 Å². The van der Waals surface area contributed by atoms with Gasteiger partial charge in [-0.25, -0.2) is 4.79 Å². The molecular weight excluding hydrogens is 280 g/mol. The lowest BCUT2D eigenvalue weighted by Crippen LogP contribution is -2.39. The summed E-state index contributed by atoms with van der Waals surface area (Å²) in [6.45, 7) is 7.12. The highest BCUT2D eigenvalue weighted by Crippen LogP contribution is 2.18. The fourth-order valence-electron chi connectivity index (χ4n) is 2.45. The van der Waals surface area contributed by atoms with Crippen molar-refractivity contribution in [2.24, 2.45) is 0 Å². The summed E-state index contributed by atoms with van der Waals surface area (Å²) in [6.07, 6.45) is 0.701. The Morgan fingerprint density at radius 3 is 2.59 bits per heavy atom. The summed E-state index contributed by atoms with van der Waals surface area (Å²) in [6, 6.07) is 8.20. The van der Waals surface area contributed by atoms with Crippen LogP contribution in [0.4, 0.5) is 4.79 Å². The number of benzene rings is 1. The molecule has 1 aromatic rings. The summed E-state index contributed by atoms with van der Waals surface area (Å²) in [7, 11) is 0. The Hall–Kier alpha value is -2.04. The average molecular weight is 304 g/mol. The summed E-state index contributed by atoms with van der Waals surface area (Å²) in [5.41, 5.74) is 2.01. The third kappa shape index (κ3) is 4.76. The van der Waals surface area contributed by atoms with Crippen LogP contribution < -0.4 is 5.32 Å². The molecule has 0 radical (unpaired) electrons. The van der Waals surface area contributed by atoms with Crippen molar-refractivity contribution in [3.8, 4) is 0 Å². The molecule has 5 nitrogen and oxygen atoms in total. The number of hydrogen-bond acceptors (Lipinski definition) is 3. The van der Waals surface area contributed by atoms with Crippen LogP contribution in [-0.4, -0.2) is 35.6 Å². The molecule has 0 aliphatic carbocycles. The minimum Gasteiger partial charge on any atom is -0.444 e. The van der Waals surface area contributed by atoms with E-state index in [9.17, 15) is 9.59 Å². The molecule has 0 bridgehead atoms. The first-order valence-corrected chi connectivity index (χ1v) is 7.66. The van der Waals surface area contributed by atoms with E-state index in [1.165, 1.54) is 11.1 Å². The molecule has 1 aliphatic rings. The summed E-state index contributed by atoms with van der Waals surface area (Å²) in [5.74, 6) is 0.0607. The van der Waals surface area contributed by atoms with Gasteiger partial charge in [-0.2, -0.15) is 0 Å². The zero-order chi connectivity index (χ0) is 16.2. The van der Waals surface area contributed by atoms with E-state index in [1.807, 2.05) is 37.8 Å². The number of carbonyl (C=O) groups excluding carboxylic acids is 2. The molecule has 1 aromatic carbocycles. The highest BCUT2D eigenvalue weighted by Gasteiger charge is 2.20. The van der Waals surface area contributed by atoms with Crippen LogP contribution in [-0.2, 0) is 22.5 Å². The lowest BCUT2D eigenvalue weighted by Gasteiger charge is -2.29. The van der Waals surface area contributed by atoms with Crippen LogP contribution in [0.3, 0.4) is 0 Å². The quantitative estimate of drug-likeness (QED) is 0.933. The molecule has 22 heavy (non-hydrogen) atoms. The van der Waals surface area contributed by atoms with Gasteiger partial charge in [0.1, 0.15) is 5.60 Å². The number of nitrogens with zero attached hydrogens (tertiary/aromatic N) is 1. The van der Waals surface area contributed by atoms with Crippen molar-refractivity contribution >= 4 is 12.0 Å². The van der Waals surface area contributed by atoms with Crippen LogP contribution in [0, 0.1) is 0 Å². The van der Waals surface area contributed by atoms with Gasteiger partial charge in [0.25, 0.3) is 0 Å². The second-order valence-corrected chi connectivity index (χ2v) is 6.51. The van der Waals surface area contributed by atoms with E-state index >= 15 is 0 Å². The predicted molar refractivity (Wildman–Crippen MR) is 84.4 cm³/mol. The molecule has 0 atom stereocenters. The first kappa shape index (κ1) is 16.3. The molecule has 2 amide bonds. The number of alkyl carbamates (subject to hydrolysis) is 1. The Bertz CT molecular complexity index is 549. The molecule has 0 saturated heterocycles. The van der Waals surface area contributed by atoms with Gasteiger partial charge in [0.05, 0.1) is 0 Å². The predicted octanol–water partition coefficient (Wildman–Crippen LogP) is 2.49. The lowest BCUT2D eigenvalue weighted by atomic mass is 10.00. The Kier molecular flexibility index (Phi) is 5.06. The average Bonchev–Trinajstić information content (AvgIpc) is 2.44. The van der Waals surface area contributed by atoms with Crippen molar-refractivity contribution < 1.29 is 14.3 Å². The minimum absolute atomic E-state index is 0.0607. The summed E-state index contributed by atoms with van der Waals surface area (Å²) in [5, 5.41) is 2.62. The number of carbonyl (C=O) groups is 2. The van der Waals surface area contributed by atoms with Gasteiger partial charge in [-0.1, -0.05) is 24.3 Å². The Morgan fingerprint density at radius 2 is 1.91 bits per heavy atom. The van der Waals surface area contributed by atoms with Crippen molar-refractivity contribution in [2.45, 2.75) is 45.8 Å². The number of rotatable bonds is 3. The smallest absolute Gasteiger partial charge is 0.407 e. The monoisotopic (exact) mass is 304 g/mol. The van der Waals surface area contributed by atoms with Gasteiger partial charge in [0.2, 0.25) is 5.91 Å². The Morgan fingerprint density at radius 1 is 1.23 bits per heavy atom. The molecule has 1 aliphatic heterocycles. The van der Waals surface area contributed by atoms with Crippen molar-refractivity contribution in [2.75, 3.05) is 13.1 Å². The molecule has 2 rings (SSSR count). The molecule has 1 heterocycles. The number of hydrogen-bond donors (Lipinski definition) is 1. The van der Waals surface area contributed by atoms with Crippen LogP contribution in [0.2, 0.25) is 0 Å². The van der Waals surface area contributed by atoms with Crippen molar-refractivity contribution in [1.82, 2.24) is 10.2 Å².